The number of benzene rings is 1. The lowest BCUT2D eigenvalue weighted by Crippen LogP contribution is -2.42. The first-order valence-electron chi connectivity index (χ1n) is 6.53. The number of primary amides is 1. The maximum atomic E-state index is 11.9. The summed E-state index contributed by atoms with van der Waals surface area (Å²) in [5, 5.41) is 1.85. The number of carbonyl (C=O) groups is 3. The Morgan fingerprint density at radius 3 is 2.10 bits per heavy atom. The van der Waals surface area contributed by atoms with Gasteiger partial charge in [0.05, 0.1) is 5.56 Å². The number of esters is 1. The van der Waals surface area contributed by atoms with Gasteiger partial charge in [-0.3, -0.25) is 10.1 Å². The smallest absolute Gasteiger partial charge is 0.338 e. The number of carbonyl (C=O) groups excluding carboxylic acids is 3. The normalized spacial score (nSPS) is 12.4. The first-order valence-corrected chi connectivity index (χ1v) is 6.53. The Labute approximate surface area is 123 Å². The maximum absolute atomic E-state index is 11.9. The minimum absolute atomic E-state index is 0.0168. The van der Waals surface area contributed by atoms with Crippen LogP contribution in [0.1, 0.15) is 43.6 Å². The van der Waals surface area contributed by atoms with Gasteiger partial charge in [-0.2, -0.15) is 0 Å². The van der Waals surface area contributed by atoms with Crippen LogP contribution in [0, 0.1) is 0 Å². The Morgan fingerprint density at radius 1 is 1.14 bits per heavy atom. The number of imide groups is 1. The van der Waals surface area contributed by atoms with E-state index in [0.717, 1.165) is 5.56 Å². The summed E-state index contributed by atoms with van der Waals surface area (Å²) in [4.78, 5) is 33.9. The number of hydrogen-bond donors (Lipinski definition) is 2. The van der Waals surface area contributed by atoms with Crippen LogP contribution in [0.25, 0.3) is 0 Å². The molecule has 6 nitrogen and oxygen atoms in total. The van der Waals surface area contributed by atoms with E-state index in [9.17, 15) is 14.4 Å². The third-order valence-electron chi connectivity index (χ3n) is 2.89. The molecule has 114 valence electrons. The fraction of sp³-hybridized carbons (Fsp3) is 0.400. The molecule has 0 aliphatic rings. The van der Waals surface area contributed by atoms with Gasteiger partial charge in [-0.25, -0.2) is 9.59 Å². The molecule has 1 aromatic carbocycles. The predicted molar refractivity (Wildman–Crippen MR) is 77.7 cm³/mol. The molecule has 0 aliphatic carbocycles. The van der Waals surface area contributed by atoms with Crippen LogP contribution >= 0.6 is 0 Å². The predicted octanol–water partition coefficient (Wildman–Crippen LogP) is 1.72. The molecule has 1 atom stereocenters. The highest BCUT2D eigenvalue weighted by atomic mass is 16.5. The fourth-order valence-corrected chi connectivity index (χ4v) is 1.61. The SMILES string of the molecule is C[C@H](OC(=O)c1ccc(C(C)(C)C)cc1)C(=O)NC(N)=O. The zero-order valence-corrected chi connectivity index (χ0v) is 12.6. The highest BCUT2D eigenvalue weighted by Crippen LogP contribution is 2.22. The molecule has 21 heavy (non-hydrogen) atoms. The number of amides is 3. The Bertz CT molecular complexity index is 544. The van der Waals surface area contributed by atoms with E-state index in [2.05, 4.69) is 20.8 Å². The number of rotatable bonds is 3. The summed E-state index contributed by atoms with van der Waals surface area (Å²) < 4.78 is 4.97. The van der Waals surface area contributed by atoms with Crippen molar-refractivity contribution in [1.82, 2.24) is 5.32 Å². The molecule has 1 aromatic rings. The standard InChI is InChI=1S/C15H20N2O4/c1-9(12(18)17-14(16)20)21-13(19)10-5-7-11(8-6-10)15(2,3)4/h5-9H,1-4H3,(H3,16,17,18,20)/t9-/m0/s1. The van der Waals surface area contributed by atoms with Crippen LogP contribution in [0.2, 0.25) is 0 Å². The van der Waals surface area contributed by atoms with Crippen LogP contribution < -0.4 is 11.1 Å². The second kappa shape index (κ2) is 6.39. The van der Waals surface area contributed by atoms with Crippen LogP contribution in [-0.4, -0.2) is 24.0 Å². The summed E-state index contributed by atoms with van der Waals surface area (Å²) in [6.45, 7) is 7.56. The maximum Gasteiger partial charge on any atom is 0.338 e. The molecule has 0 aliphatic heterocycles. The summed E-state index contributed by atoms with van der Waals surface area (Å²) in [6.07, 6.45) is -1.10. The summed E-state index contributed by atoms with van der Waals surface area (Å²) in [5.41, 5.74) is 6.22. The molecule has 0 saturated carbocycles. The fourth-order valence-electron chi connectivity index (χ4n) is 1.61. The lowest BCUT2D eigenvalue weighted by molar-refractivity contribution is -0.127. The topological polar surface area (TPSA) is 98.5 Å². The van der Waals surface area contributed by atoms with E-state index in [1.165, 1.54) is 6.92 Å². The molecule has 0 saturated heterocycles. The van der Waals surface area contributed by atoms with Gasteiger partial charge >= 0.3 is 12.0 Å². The van der Waals surface area contributed by atoms with Crippen molar-refractivity contribution in [2.45, 2.75) is 39.2 Å². The van der Waals surface area contributed by atoms with Crippen LogP contribution in [0.3, 0.4) is 0 Å². The van der Waals surface area contributed by atoms with E-state index in [-0.39, 0.29) is 5.41 Å². The Morgan fingerprint density at radius 2 is 1.67 bits per heavy atom. The Balaban J connectivity index is 2.72. The van der Waals surface area contributed by atoms with Crippen molar-refractivity contribution in [1.29, 1.82) is 0 Å². The molecule has 0 unspecified atom stereocenters. The Kier molecular flexibility index (Phi) is 5.07. The molecule has 0 spiro atoms. The van der Waals surface area contributed by atoms with E-state index < -0.39 is 24.0 Å². The monoisotopic (exact) mass is 292 g/mol. The first-order chi connectivity index (χ1) is 9.61. The number of hydrogen-bond acceptors (Lipinski definition) is 4. The average Bonchev–Trinajstić information content (AvgIpc) is 2.36. The number of nitrogens with one attached hydrogen (secondary N) is 1. The van der Waals surface area contributed by atoms with Crippen molar-refractivity contribution < 1.29 is 19.1 Å². The second-order valence-corrected chi connectivity index (χ2v) is 5.73. The van der Waals surface area contributed by atoms with Gasteiger partial charge in [-0.05, 0) is 30.0 Å². The van der Waals surface area contributed by atoms with Crippen molar-refractivity contribution in [3.05, 3.63) is 35.4 Å². The van der Waals surface area contributed by atoms with Crippen molar-refractivity contribution in [3.63, 3.8) is 0 Å². The molecule has 3 N–H and O–H groups in total. The van der Waals surface area contributed by atoms with Crippen molar-refractivity contribution in [3.8, 4) is 0 Å². The van der Waals surface area contributed by atoms with Crippen LogP contribution in [0.5, 0.6) is 0 Å². The third-order valence-corrected chi connectivity index (χ3v) is 2.89. The quantitative estimate of drug-likeness (QED) is 0.829. The van der Waals surface area contributed by atoms with Gasteiger partial charge in [0.1, 0.15) is 0 Å². The number of nitrogens with two attached hydrogens (primary N) is 1. The molecule has 0 radical (unpaired) electrons. The molecule has 0 fully saturated rings. The van der Waals surface area contributed by atoms with Gasteiger partial charge in [0.2, 0.25) is 0 Å². The molecule has 0 bridgehead atoms. The van der Waals surface area contributed by atoms with E-state index >= 15 is 0 Å². The zero-order valence-electron chi connectivity index (χ0n) is 12.6. The zero-order chi connectivity index (χ0) is 16.2. The third kappa shape index (κ3) is 4.91. The van der Waals surface area contributed by atoms with Gasteiger partial charge in [0.25, 0.3) is 5.91 Å². The second-order valence-electron chi connectivity index (χ2n) is 5.73. The van der Waals surface area contributed by atoms with Gasteiger partial charge in [-0.15, -0.1) is 0 Å². The lowest BCUT2D eigenvalue weighted by Gasteiger charge is -2.19. The molecule has 1 rings (SSSR count). The average molecular weight is 292 g/mol. The number of urea groups is 1. The molecule has 6 heteroatoms. The minimum atomic E-state index is -1.10. The highest BCUT2D eigenvalue weighted by Gasteiger charge is 2.20. The first kappa shape index (κ1) is 16.7. The van der Waals surface area contributed by atoms with E-state index in [0.29, 0.717) is 5.56 Å². The van der Waals surface area contributed by atoms with E-state index in [1.807, 2.05) is 17.4 Å². The van der Waals surface area contributed by atoms with Crippen molar-refractivity contribution >= 4 is 17.9 Å². The summed E-state index contributed by atoms with van der Waals surface area (Å²) in [6, 6.07) is 5.97. The van der Waals surface area contributed by atoms with Crippen LogP contribution in [0.4, 0.5) is 4.79 Å². The summed E-state index contributed by atoms with van der Waals surface area (Å²) in [7, 11) is 0. The van der Waals surface area contributed by atoms with Gasteiger partial charge < -0.3 is 10.5 Å². The highest BCUT2D eigenvalue weighted by molar-refractivity contribution is 5.98. The van der Waals surface area contributed by atoms with Crippen LogP contribution in [-0.2, 0) is 14.9 Å². The summed E-state index contributed by atoms with van der Waals surface area (Å²) in [5.74, 6) is -1.40. The number of ether oxygens (including phenoxy) is 1. The molecular formula is C15H20N2O4. The van der Waals surface area contributed by atoms with Crippen molar-refractivity contribution in [2.75, 3.05) is 0 Å². The van der Waals surface area contributed by atoms with Crippen LogP contribution in [0.15, 0.2) is 24.3 Å². The van der Waals surface area contributed by atoms with Gasteiger partial charge in [0, 0.05) is 0 Å². The van der Waals surface area contributed by atoms with Gasteiger partial charge in [-0.1, -0.05) is 32.9 Å². The van der Waals surface area contributed by atoms with E-state index in [1.54, 1.807) is 12.1 Å². The largest absolute Gasteiger partial charge is 0.449 e. The van der Waals surface area contributed by atoms with Crippen molar-refractivity contribution in [2.24, 2.45) is 5.73 Å². The molecule has 0 heterocycles. The molecule has 3 amide bonds. The minimum Gasteiger partial charge on any atom is -0.449 e. The summed E-state index contributed by atoms with van der Waals surface area (Å²) >= 11 is 0. The molecule has 0 aromatic heterocycles. The van der Waals surface area contributed by atoms with Gasteiger partial charge in [0.15, 0.2) is 6.10 Å². The van der Waals surface area contributed by atoms with E-state index in [4.69, 9.17) is 10.5 Å². The molecular weight excluding hydrogens is 272 g/mol. The lowest BCUT2D eigenvalue weighted by atomic mass is 9.87. The Hall–Kier alpha value is -2.37.